The summed E-state index contributed by atoms with van der Waals surface area (Å²) < 4.78 is 0. The van der Waals surface area contributed by atoms with Crippen LogP contribution in [0.1, 0.15) is 32.8 Å². The summed E-state index contributed by atoms with van der Waals surface area (Å²) in [6.07, 6.45) is 0.487. The average molecular weight is 277 g/mol. The van der Waals surface area contributed by atoms with Crippen LogP contribution in [-0.2, 0) is 4.79 Å². The quantitative estimate of drug-likeness (QED) is 0.814. The minimum absolute atomic E-state index is 0.0273. The summed E-state index contributed by atoms with van der Waals surface area (Å²) in [5.41, 5.74) is 8.50. The standard InChI is InChI=1S/C16H27N3O/c1-12-13(17)7-6-8-14(12)18-15(20)9-10-19(5)11-16(2,3)4/h6-8H,9-11,17H2,1-5H3,(H,18,20). The van der Waals surface area contributed by atoms with Gasteiger partial charge in [-0.2, -0.15) is 0 Å². The van der Waals surface area contributed by atoms with Gasteiger partial charge in [0.05, 0.1) is 0 Å². The van der Waals surface area contributed by atoms with Crippen molar-refractivity contribution in [3.05, 3.63) is 23.8 Å². The molecule has 0 aliphatic rings. The highest BCUT2D eigenvalue weighted by Gasteiger charge is 2.14. The molecule has 0 spiro atoms. The van der Waals surface area contributed by atoms with E-state index in [1.54, 1.807) is 0 Å². The fraction of sp³-hybridized carbons (Fsp3) is 0.562. The van der Waals surface area contributed by atoms with Gasteiger partial charge in [-0.3, -0.25) is 4.79 Å². The first-order valence-corrected chi connectivity index (χ1v) is 7.02. The van der Waals surface area contributed by atoms with E-state index in [1.807, 2.05) is 32.2 Å². The zero-order valence-electron chi connectivity index (χ0n) is 13.3. The third kappa shape index (κ3) is 5.61. The highest BCUT2D eigenvalue weighted by molar-refractivity contribution is 5.92. The van der Waals surface area contributed by atoms with Crippen LogP contribution in [-0.4, -0.2) is 30.9 Å². The van der Waals surface area contributed by atoms with Gasteiger partial charge >= 0.3 is 0 Å². The largest absolute Gasteiger partial charge is 0.398 e. The summed E-state index contributed by atoms with van der Waals surface area (Å²) in [5.74, 6) is 0.0273. The Bertz CT molecular complexity index is 463. The monoisotopic (exact) mass is 277 g/mol. The summed E-state index contributed by atoms with van der Waals surface area (Å²) in [7, 11) is 2.05. The molecule has 1 amide bonds. The van der Waals surface area contributed by atoms with Gasteiger partial charge < -0.3 is 16.0 Å². The number of hydrogen-bond donors (Lipinski definition) is 2. The van der Waals surface area contributed by atoms with Crippen LogP contribution in [0.2, 0.25) is 0 Å². The fourth-order valence-corrected chi connectivity index (χ4v) is 2.18. The molecular formula is C16H27N3O. The molecule has 1 aromatic carbocycles. The van der Waals surface area contributed by atoms with E-state index in [2.05, 4.69) is 31.0 Å². The Kier molecular flexibility index (Phi) is 5.57. The van der Waals surface area contributed by atoms with Gasteiger partial charge in [0.1, 0.15) is 0 Å². The molecule has 0 heterocycles. The molecule has 4 nitrogen and oxygen atoms in total. The highest BCUT2D eigenvalue weighted by atomic mass is 16.1. The van der Waals surface area contributed by atoms with Gasteiger partial charge in [0.2, 0.25) is 5.91 Å². The Labute approximate surface area is 122 Å². The van der Waals surface area contributed by atoms with Crippen molar-refractivity contribution in [3.8, 4) is 0 Å². The van der Waals surface area contributed by atoms with Crippen LogP contribution in [0.25, 0.3) is 0 Å². The molecule has 0 aliphatic carbocycles. The lowest BCUT2D eigenvalue weighted by molar-refractivity contribution is -0.116. The lowest BCUT2D eigenvalue weighted by atomic mass is 9.96. The van der Waals surface area contributed by atoms with Crippen LogP contribution < -0.4 is 11.1 Å². The van der Waals surface area contributed by atoms with Gasteiger partial charge in [-0.1, -0.05) is 26.8 Å². The molecule has 1 aromatic rings. The van der Waals surface area contributed by atoms with Crippen LogP contribution in [0.15, 0.2) is 18.2 Å². The molecular weight excluding hydrogens is 250 g/mol. The van der Waals surface area contributed by atoms with E-state index in [4.69, 9.17) is 5.73 Å². The number of amides is 1. The van der Waals surface area contributed by atoms with E-state index in [0.717, 1.165) is 24.3 Å². The highest BCUT2D eigenvalue weighted by Crippen LogP contribution is 2.20. The molecule has 0 bridgehead atoms. The number of carbonyl (C=O) groups is 1. The number of carbonyl (C=O) groups excluding carboxylic acids is 1. The van der Waals surface area contributed by atoms with Crippen molar-refractivity contribution in [3.63, 3.8) is 0 Å². The maximum absolute atomic E-state index is 12.0. The van der Waals surface area contributed by atoms with Gasteiger partial charge in [0, 0.05) is 30.9 Å². The van der Waals surface area contributed by atoms with Gasteiger partial charge in [0.15, 0.2) is 0 Å². The third-order valence-electron chi connectivity index (χ3n) is 3.11. The lowest BCUT2D eigenvalue weighted by Gasteiger charge is -2.26. The zero-order chi connectivity index (χ0) is 15.3. The second-order valence-corrected chi connectivity index (χ2v) is 6.62. The molecule has 0 saturated carbocycles. The van der Waals surface area contributed by atoms with Crippen molar-refractivity contribution in [2.24, 2.45) is 5.41 Å². The van der Waals surface area contributed by atoms with Crippen LogP contribution in [0, 0.1) is 12.3 Å². The van der Waals surface area contributed by atoms with E-state index >= 15 is 0 Å². The Hall–Kier alpha value is -1.55. The molecule has 4 heteroatoms. The predicted molar refractivity (Wildman–Crippen MR) is 85.8 cm³/mol. The third-order valence-corrected chi connectivity index (χ3v) is 3.11. The van der Waals surface area contributed by atoms with Gasteiger partial charge in [-0.25, -0.2) is 0 Å². The van der Waals surface area contributed by atoms with Crippen LogP contribution >= 0.6 is 0 Å². The SMILES string of the molecule is Cc1c(N)cccc1NC(=O)CCN(C)CC(C)(C)C. The summed E-state index contributed by atoms with van der Waals surface area (Å²) in [6, 6.07) is 5.56. The van der Waals surface area contributed by atoms with E-state index in [-0.39, 0.29) is 11.3 Å². The molecule has 3 N–H and O–H groups in total. The number of nitrogens with two attached hydrogens (primary N) is 1. The van der Waals surface area contributed by atoms with Crippen LogP contribution in [0.3, 0.4) is 0 Å². The fourth-order valence-electron chi connectivity index (χ4n) is 2.18. The van der Waals surface area contributed by atoms with Gasteiger partial charge in [-0.15, -0.1) is 0 Å². The Morgan fingerprint density at radius 2 is 2.00 bits per heavy atom. The second-order valence-electron chi connectivity index (χ2n) is 6.62. The summed E-state index contributed by atoms with van der Waals surface area (Å²) in [4.78, 5) is 14.2. The van der Waals surface area contributed by atoms with Crippen molar-refractivity contribution in [1.29, 1.82) is 0 Å². The van der Waals surface area contributed by atoms with Crippen LogP contribution in [0.5, 0.6) is 0 Å². The normalized spacial score (nSPS) is 11.7. The summed E-state index contributed by atoms with van der Waals surface area (Å²) >= 11 is 0. The molecule has 0 unspecified atom stereocenters. The molecule has 0 aliphatic heterocycles. The first-order chi connectivity index (χ1) is 9.19. The summed E-state index contributed by atoms with van der Waals surface area (Å²) in [6.45, 7) is 10.2. The smallest absolute Gasteiger partial charge is 0.225 e. The first kappa shape index (κ1) is 16.5. The zero-order valence-corrected chi connectivity index (χ0v) is 13.3. The molecule has 0 aromatic heterocycles. The lowest BCUT2D eigenvalue weighted by Crippen LogP contribution is -2.31. The number of nitrogens with zero attached hydrogens (tertiary/aromatic N) is 1. The second kappa shape index (κ2) is 6.75. The van der Waals surface area contributed by atoms with E-state index in [1.165, 1.54) is 0 Å². The van der Waals surface area contributed by atoms with E-state index in [0.29, 0.717) is 12.1 Å². The van der Waals surface area contributed by atoms with E-state index in [9.17, 15) is 4.79 Å². The van der Waals surface area contributed by atoms with Crippen molar-refractivity contribution >= 4 is 17.3 Å². The van der Waals surface area contributed by atoms with Crippen molar-refractivity contribution in [2.75, 3.05) is 31.2 Å². The van der Waals surface area contributed by atoms with Crippen molar-refractivity contribution in [2.45, 2.75) is 34.1 Å². The number of benzene rings is 1. The number of rotatable bonds is 5. The Balaban J connectivity index is 2.46. The molecule has 0 atom stereocenters. The van der Waals surface area contributed by atoms with Gasteiger partial charge in [-0.05, 0) is 37.1 Å². The number of nitrogens with one attached hydrogen (secondary N) is 1. The Morgan fingerprint density at radius 3 is 2.60 bits per heavy atom. The average Bonchev–Trinajstić information content (AvgIpc) is 2.30. The predicted octanol–water partition coefficient (Wildman–Crippen LogP) is 2.88. The van der Waals surface area contributed by atoms with Crippen molar-refractivity contribution < 1.29 is 4.79 Å². The maximum atomic E-state index is 12.0. The van der Waals surface area contributed by atoms with Crippen LogP contribution in [0.4, 0.5) is 11.4 Å². The molecule has 0 radical (unpaired) electrons. The minimum Gasteiger partial charge on any atom is -0.398 e. The summed E-state index contributed by atoms with van der Waals surface area (Å²) in [5, 5.41) is 2.92. The molecule has 112 valence electrons. The maximum Gasteiger partial charge on any atom is 0.225 e. The Morgan fingerprint density at radius 1 is 1.35 bits per heavy atom. The molecule has 20 heavy (non-hydrogen) atoms. The van der Waals surface area contributed by atoms with E-state index < -0.39 is 0 Å². The molecule has 1 rings (SSSR count). The first-order valence-electron chi connectivity index (χ1n) is 7.02. The van der Waals surface area contributed by atoms with Gasteiger partial charge in [0.25, 0.3) is 0 Å². The number of anilines is 2. The van der Waals surface area contributed by atoms with Crippen molar-refractivity contribution in [1.82, 2.24) is 4.90 Å². The molecule has 0 fully saturated rings. The topological polar surface area (TPSA) is 58.4 Å². The molecule has 0 saturated heterocycles. The minimum atomic E-state index is 0.0273. The number of nitrogen functional groups attached to an aromatic ring is 1. The number of hydrogen-bond acceptors (Lipinski definition) is 3.